The second kappa shape index (κ2) is 7.68. The molecule has 0 amide bonds. The van der Waals surface area contributed by atoms with Crippen LogP contribution >= 0.6 is 39.9 Å². The summed E-state index contributed by atoms with van der Waals surface area (Å²) in [6.07, 6.45) is 0.162. The number of morpholine rings is 1. The van der Waals surface area contributed by atoms with Gasteiger partial charge in [0.25, 0.3) is 0 Å². The molecule has 1 saturated heterocycles. The minimum atomic E-state index is 0. The molecular formula is C12H17BrCl2N2O. The van der Waals surface area contributed by atoms with Gasteiger partial charge in [-0.25, -0.2) is 0 Å². The van der Waals surface area contributed by atoms with Crippen molar-refractivity contribution in [3.63, 3.8) is 0 Å². The van der Waals surface area contributed by atoms with Crippen molar-refractivity contribution in [3.8, 4) is 0 Å². The van der Waals surface area contributed by atoms with Crippen LogP contribution in [0.3, 0.4) is 0 Å². The zero-order valence-corrected chi connectivity index (χ0v) is 13.1. The molecule has 1 aliphatic rings. The third-order valence-corrected chi connectivity index (χ3v) is 4.11. The molecule has 1 atom stereocenters. The highest BCUT2D eigenvalue weighted by Crippen LogP contribution is 2.24. The van der Waals surface area contributed by atoms with Gasteiger partial charge in [0.05, 0.1) is 17.7 Å². The molecule has 0 bridgehead atoms. The molecule has 1 aliphatic heterocycles. The number of hydrogen-bond acceptors (Lipinski definition) is 3. The average Bonchev–Trinajstić information content (AvgIpc) is 2.34. The van der Waals surface area contributed by atoms with E-state index in [-0.39, 0.29) is 18.5 Å². The van der Waals surface area contributed by atoms with E-state index >= 15 is 0 Å². The van der Waals surface area contributed by atoms with Crippen LogP contribution in [0.1, 0.15) is 5.56 Å². The zero-order chi connectivity index (χ0) is 12.3. The predicted molar refractivity (Wildman–Crippen MR) is 80.5 cm³/mol. The van der Waals surface area contributed by atoms with E-state index in [1.54, 1.807) is 0 Å². The second-order valence-corrected chi connectivity index (χ2v) is 5.47. The summed E-state index contributed by atoms with van der Waals surface area (Å²) < 4.78 is 6.47. The molecule has 1 unspecified atom stereocenters. The highest BCUT2D eigenvalue weighted by atomic mass is 79.9. The van der Waals surface area contributed by atoms with Gasteiger partial charge in [-0.15, -0.1) is 12.4 Å². The lowest BCUT2D eigenvalue weighted by Crippen LogP contribution is -2.45. The van der Waals surface area contributed by atoms with Crippen molar-refractivity contribution < 1.29 is 4.74 Å². The van der Waals surface area contributed by atoms with Crippen molar-refractivity contribution in [2.24, 2.45) is 5.73 Å². The van der Waals surface area contributed by atoms with Gasteiger partial charge in [-0.2, -0.15) is 0 Å². The quantitative estimate of drug-likeness (QED) is 0.905. The van der Waals surface area contributed by atoms with E-state index in [4.69, 9.17) is 22.1 Å². The summed E-state index contributed by atoms with van der Waals surface area (Å²) in [7, 11) is 0. The molecule has 0 aromatic heterocycles. The lowest BCUT2D eigenvalue weighted by atomic mass is 10.2. The summed E-state index contributed by atoms with van der Waals surface area (Å²) in [5.41, 5.74) is 6.84. The molecule has 1 fully saturated rings. The molecule has 0 radical (unpaired) electrons. The first-order valence-corrected chi connectivity index (χ1v) is 6.84. The Bertz CT molecular complexity index is 392. The highest BCUT2D eigenvalue weighted by Gasteiger charge is 2.19. The maximum Gasteiger partial charge on any atom is 0.0824 e. The molecule has 0 saturated carbocycles. The Morgan fingerprint density at radius 2 is 2.28 bits per heavy atom. The number of rotatable bonds is 3. The van der Waals surface area contributed by atoms with Gasteiger partial charge in [-0.1, -0.05) is 17.7 Å². The Hall–Kier alpha value is 0.160. The van der Waals surface area contributed by atoms with Crippen LogP contribution in [0.25, 0.3) is 0 Å². The lowest BCUT2D eigenvalue weighted by Gasteiger charge is -2.32. The van der Waals surface area contributed by atoms with Crippen molar-refractivity contribution >= 4 is 39.9 Å². The molecule has 102 valence electrons. The first kappa shape index (κ1) is 16.2. The van der Waals surface area contributed by atoms with E-state index < -0.39 is 0 Å². The summed E-state index contributed by atoms with van der Waals surface area (Å²) >= 11 is 9.47. The van der Waals surface area contributed by atoms with Crippen LogP contribution in [0.2, 0.25) is 5.02 Å². The minimum Gasteiger partial charge on any atom is -0.374 e. The van der Waals surface area contributed by atoms with Crippen LogP contribution in [-0.4, -0.2) is 37.2 Å². The van der Waals surface area contributed by atoms with Crippen molar-refractivity contribution in [1.82, 2.24) is 4.90 Å². The normalized spacial score (nSPS) is 20.5. The molecule has 2 N–H and O–H groups in total. The first-order chi connectivity index (χ1) is 8.19. The smallest absolute Gasteiger partial charge is 0.0824 e. The average molecular weight is 356 g/mol. The van der Waals surface area contributed by atoms with Gasteiger partial charge in [0.15, 0.2) is 0 Å². The summed E-state index contributed by atoms with van der Waals surface area (Å²) in [6.45, 7) is 4.07. The fourth-order valence-electron chi connectivity index (χ4n) is 1.96. The summed E-state index contributed by atoms with van der Waals surface area (Å²) in [6, 6.07) is 6.07. The molecule has 6 heteroatoms. The zero-order valence-electron chi connectivity index (χ0n) is 9.94. The monoisotopic (exact) mass is 354 g/mol. The summed E-state index contributed by atoms with van der Waals surface area (Å²) in [5.74, 6) is 0. The number of hydrogen-bond donors (Lipinski definition) is 1. The van der Waals surface area contributed by atoms with Gasteiger partial charge < -0.3 is 10.5 Å². The molecule has 2 rings (SSSR count). The Morgan fingerprint density at radius 1 is 1.50 bits per heavy atom. The fraction of sp³-hybridized carbons (Fsp3) is 0.500. The fourth-order valence-corrected chi connectivity index (χ4v) is 2.41. The molecule has 0 spiro atoms. The van der Waals surface area contributed by atoms with Gasteiger partial charge >= 0.3 is 0 Å². The third-order valence-electron chi connectivity index (χ3n) is 2.88. The maximum atomic E-state index is 6.08. The third kappa shape index (κ3) is 4.37. The van der Waals surface area contributed by atoms with Gasteiger partial charge in [-0.3, -0.25) is 4.90 Å². The first-order valence-electron chi connectivity index (χ1n) is 5.67. The van der Waals surface area contributed by atoms with E-state index in [0.717, 1.165) is 35.7 Å². The van der Waals surface area contributed by atoms with Crippen LogP contribution < -0.4 is 5.73 Å². The SMILES string of the molecule is Cl.NCC1CN(Cc2ccc(Br)c(Cl)c2)CCO1. The van der Waals surface area contributed by atoms with Crippen molar-refractivity contribution in [2.45, 2.75) is 12.6 Å². The molecule has 18 heavy (non-hydrogen) atoms. The van der Waals surface area contributed by atoms with Gasteiger partial charge in [0.2, 0.25) is 0 Å². The van der Waals surface area contributed by atoms with Crippen molar-refractivity contribution in [1.29, 1.82) is 0 Å². The Morgan fingerprint density at radius 3 is 2.94 bits per heavy atom. The predicted octanol–water partition coefficient (Wildman–Crippen LogP) is 2.68. The van der Waals surface area contributed by atoms with Crippen LogP contribution in [0.15, 0.2) is 22.7 Å². The van der Waals surface area contributed by atoms with Crippen LogP contribution in [-0.2, 0) is 11.3 Å². The van der Waals surface area contributed by atoms with Gasteiger partial charge in [0.1, 0.15) is 0 Å². The lowest BCUT2D eigenvalue weighted by molar-refractivity contribution is -0.0260. The van der Waals surface area contributed by atoms with Crippen LogP contribution in [0.4, 0.5) is 0 Å². The standard InChI is InChI=1S/C12H16BrClN2O.ClH/c13-11-2-1-9(5-12(11)14)7-16-3-4-17-10(6-15)8-16;/h1-2,5,10H,3-4,6-8,15H2;1H. The molecule has 0 aliphatic carbocycles. The second-order valence-electron chi connectivity index (χ2n) is 4.21. The Kier molecular flexibility index (Phi) is 6.92. The Balaban J connectivity index is 0.00000162. The van der Waals surface area contributed by atoms with Gasteiger partial charge in [-0.05, 0) is 33.6 Å². The molecule has 1 aromatic rings. The van der Waals surface area contributed by atoms with Gasteiger partial charge in [0, 0.05) is 30.7 Å². The molecule has 3 nitrogen and oxygen atoms in total. The van der Waals surface area contributed by atoms with Crippen molar-refractivity contribution in [3.05, 3.63) is 33.3 Å². The van der Waals surface area contributed by atoms with Crippen LogP contribution in [0.5, 0.6) is 0 Å². The number of halogens is 3. The molecule has 1 heterocycles. The topological polar surface area (TPSA) is 38.5 Å². The van der Waals surface area contributed by atoms with E-state index in [9.17, 15) is 0 Å². The van der Waals surface area contributed by atoms with Crippen LogP contribution in [0, 0.1) is 0 Å². The molecular weight excluding hydrogens is 339 g/mol. The summed E-state index contributed by atoms with van der Waals surface area (Å²) in [4.78, 5) is 2.35. The Labute approximate surface area is 127 Å². The largest absolute Gasteiger partial charge is 0.374 e. The van der Waals surface area contributed by atoms with E-state index in [2.05, 4.69) is 26.9 Å². The number of ether oxygens (including phenoxy) is 1. The number of nitrogens with two attached hydrogens (primary N) is 1. The molecule has 1 aromatic carbocycles. The number of benzene rings is 1. The maximum absolute atomic E-state index is 6.08. The van der Waals surface area contributed by atoms with Crippen molar-refractivity contribution in [2.75, 3.05) is 26.2 Å². The minimum absolute atomic E-state index is 0. The van der Waals surface area contributed by atoms with E-state index in [0.29, 0.717) is 6.54 Å². The number of nitrogens with zero attached hydrogens (tertiary/aromatic N) is 1. The van der Waals surface area contributed by atoms with E-state index in [1.807, 2.05) is 12.1 Å². The summed E-state index contributed by atoms with van der Waals surface area (Å²) in [5, 5.41) is 0.756. The highest BCUT2D eigenvalue weighted by molar-refractivity contribution is 9.10. The van der Waals surface area contributed by atoms with E-state index in [1.165, 1.54) is 5.56 Å².